The molecular formula is C12H21NO5. The summed E-state index contributed by atoms with van der Waals surface area (Å²) in [6.45, 7) is 7.14. The number of carbonyl (C=O) groups excluding carboxylic acids is 2. The number of aliphatic hydroxyl groups excluding tert-OH is 1. The molecule has 1 amide bonds. The van der Waals surface area contributed by atoms with E-state index in [-0.39, 0.29) is 13.1 Å². The van der Waals surface area contributed by atoms with E-state index in [0.717, 1.165) is 0 Å². The van der Waals surface area contributed by atoms with E-state index in [9.17, 15) is 9.59 Å². The molecule has 0 spiro atoms. The van der Waals surface area contributed by atoms with Crippen molar-refractivity contribution in [2.75, 3.05) is 19.9 Å². The first kappa shape index (κ1) is 14.8. The Morgan fingerprint density at radius 1 is 1.33 bits per heavy atom. The molecular weight excluding hydrogens is 238 g/mol. The molecule has 6 heteroatoms. The topological polar surface area (TPSA) is 76.1 Å². The van der Waals surface area contributed by atoms with Crippen molar-refractivity contribution in [3.05, 3.63) is 0 Å². The lowest BCUT2D eigenvalue weighted by molar-refractivity contribution is -0.174. The highest BCUT2D eigenvalue weighted by atomic mass is 16.6. The van der Waals surface area contributed by atoms with E-state index >= 15 is 0 Å². The first-order valence-electron chi connectivity index (χ1n) is 6.00. The van der Waals surface area contributed by atoms with Crippen molar-refractivity contribution in [3.8, 4) is 0 Å². The highest BCUT2D eigenvalue weighted by molar-refractivity contribution is 5.82. The van der Waals surface area contributed by atoms with Crippen LogP contribution in [-0.4, -0.2) is 47.6 Å². The van der Waals surface area contributed by atoms with Crippen LogP contribution in [0.1, 0.15) is 34.1 Å². The van der Waals surface area contributed by atoms with Gasteiger partial charge in [0.15, 0.2) is 6.79 Å². The summed E-state index contributed by atoms with van der Waals surface area (Å²) < 4.78 is 9.81. The molecule has 0 unspecified atom stereocenters. The quantitative estimate of drug-likeness (QED) is 0.607. The van der Waals surface area contributed by atoms with Gasteiger partial charge in [-0.05, 0) is 27.2 Å². The standard InChI is InChI=1S/C12H21NO5/c1-5-12(9(15)17-8-14)6-13(7-12)10(16)18-11(2,3)4/h14H,5-8H2,1-4H3. The Morgan fingerprint density at radius 3 is 2.28 bits per heavy atom. The summed E-state index contributed by atoms with van der Waals surface area (Å²) in [7, 11) is 0. The fourth-order valence-corrected chi connectivity index (χ4v) is 1.85. The molecule has 18 heavy (non-hydrogen) atoms. The fourth-order valence-electron chi connectivity index (χ4n) is 1.85. The second-order valence-electron chi connectivity index (χ2n) is 5.53. The highest BCUT2D eigenvalue weighted by Gasteiger charge is 2.51. The molecule has 1 fully saturated rings. The Labute approximate surface area is 107 Å². The molecule has 0 aromatic heterocycles. The number of nitrogens with zero attached hydrogens (tertiary/aromatic N) is 1. The lowest BCUT2D eigenvalue weighted by Gasteiger charge is -2.47. The number of likely N-dealkylation sites (tertiary alicyclic amines) is 1. The van der Waals surface area contributed by atoms with Crippen LogP contribution in [0.2, 0.25) is 0 Å². The second-order valence-corrected chi connectivity index (χ2v) is 5.53. The number of esters is 1. The fraction of sp³-hybridized carbons (Fsp3) is 0.833. The molecule has 1 rings (SSSR count). The average molecular weight is 259 g/mol. The van der Waals surface area contributed by atoms with Crippen LogP contribution in [0.25, 0.3) is 0 Å². The summed E-state index contributed by atoms with van der Waals surface area (Å²) in [5, 5.41) is 8.59. The van der Waals surface area contributed by atoms with Crippen LogP contribution < -0.4 is 0 Å². The van der Waals surface area contributed by atoms with Gasteiger partial charge >= 0.3 is 12.1 Å². The van der Waals surface area contributed by atoms with Gasteiger partial charge in [0.05, 0.1) is 0 Å². The summed E-state index contributed by atoms with van der Waals surface area (Å²) >= 11 is 0. The molecule has 0 bridgehead atoms. The SMILES string of the molecule is CCC1(C(=O)OCO)CN(C(=O)OC(C)(C)C)C1. The van der Waals surface area contributed by atoms with Crippen molar-refractivity contribution in [2.45, 2.75) is 39.7 Å². The maximum atomic E-state index is 11.7. The van der Waals surface area contributed by atoms with Gasteiger partial charge in [0.2, 0.25) is 0 Å². The van der Waals surface area contributed by atoms with Crippen LogP contribution in [0, 0.1) is 5.41 Å². The van der Waals surface area contributed by atoms with Crippen LogP contribution in [0.4, 0.5) is 4.79 Å². The Balaban J connectivity index is 2.55. The number of carbonyl (C=O) groups is 2. The molecule has 0 aromatic carbocycles. The first-order valence-corrected chi connectivity index (χ1v) is 6.00. The lowest BCUT2D eigenvalue weighted by Crippen LogP contribution is -2.62. The monoisotopic (exact) mass is 259 g/mol. The van der Waals surface area contributed by atoms with Gasteiger partial charge in [-0.25, -0.2) is 4.79 Å². The Kier molecular flexibility index (Phi) is 4.21. The summed E-state index contributed by atoms with van der Waals surface area (Å²) in [6, 6.07) is 0. The van der Waals surface area contributed by atoms with Crippen molar-refractivity contribution >= 4 is 12.1 Å². The predicted molar refractivity (Wildman–Crippen MR) is 63.7 cm³/mol. The van der Waals surface area contributed by atoms with Crippen molar-refractivity contribution in [1.29, 1.82) is 0 Å². The molecule has 0 saturated carbocycles. The third-order valence-corrected chi connectivity index (χ3v) is 2.94. The van der Waals surface area contributed by atoms with Gasteiger partial charge in [0.1, 0.15) is 11.0 Å². The van der Waals surface area contributed by atoms with Crippen molar-refractivity contribution < 1.29 is 24.2 Å². The van der Waals surface area contributed by atoms with Crippen molar-refractivity contribution in [3.63, 3.8) is 0 Å². The van der Waals surface area contributed by atoms with Crippen molar-refractivity contribution in [1.82, 2.24) is 4.90 Å². The summed E-state index contributed by atoms with van der Waals surface area (Å²) in [6.07, 6.45) is 0.133. The minimum Gasteiger partial charge on any atom is -0.444 e. The van der Waals surface area contributed by atoms with Gasteiger partial charge in [0.25, 0.3) is 0 Å². The van der Waals surface area contributed by atoms with Gasteiger partial charge < -0.3 is 19.5 Å². The number of rotatable bonds is 3. The normalized spacial score (nSPS) is 17.9. The van der Waals surface area contributed by atoms with E-state index in [1.807, 2.05) is 6.92 Å². The number of amides is 1. The number of ether oxygens (including phenoxy) is 2. The van der Waals surface area contributed by atoms with Crippen LogP contribution >= 0.6 is 0 Å². The van der Waals surface area contributed by atoms with E-state index in [2.05, 4.69) is 4.74 Å². The van der Waals surface area contributed by atoms with Gasteiger partial charge in [-0.1, -0.05) is 6.92 Å². The summed E-state index contributed by atoms with van der Waals surface area (Å²) in [4.78, 5) is 24.9. The minimum absolute atomic E-state index is 0.275. The first-order chi connectivity index (χ1) is 8.24. The predicted octanol–water partition coefficient (Wildman–Crippen LogP) is 1.13. The highest BCUT2D eigenvalue weighted by Crippen LogP contribution is 2.36. The largest absolute Gasteiger partial charge is 0.444 e. The lowest BCUT2D eigenvalue weighted by atomic mass is 9.77. The van der Waals surface area contributed by atoms with Crippen LogP contribution in [-0.2, 0) is 14.3 Å². The average Bonchev–Trinajstić information content (AvgIpc) is 2.14. The zero-order valence-electron chi connectivity index (χ0n) is 11.4. The van der Waals surface area contributed by atoms with Gasteiger partial charge in [-0.15, -0.1) is 0 Å². The third-order valence-electron chi connectivity index (χ3n) is 2.94. The van der Waals surface area contributed by atoms with Crippen LogP contribution in [0.3, 0.4) is 0 Å². The molecule has 0 atom stereocenters. The summed E-state index contributed by atoms with van der Waals surface area (Å²) in [5.41, 5.74) is -1.24. The molecule has 1 N–H and O–H groups in total. The molecule has 1 saturated heterocycles. The Bertz CT molecular complexity index is 328. The van der Waals surface area contributed by atoms with E-state index in [4.69, 9.17) is 9.84 Å². The number of hydrogen-bond acceptors (Lipinski definition) is 5. The summed E-state index contributed by atoms with van der Waals surface area (Å²) in [5.74, 6) is -0.465. The van der Waals surface area contributed by atoms with Gasteiger partial charge in [0, 0.05) is 13.1 Å². The molecule has 1 heterocycles. The number of aliphatic hydroxyl groups is 1. The van der Waals surface area contributed by atoms with E-state index in [0.29, 0.717) is 6.42 Å². The number of hydrogen-bond donors (Lipinski definition) is 1. The molecule has 0 radical (unpaired) electrons. The smallest absolute Gasteiger partial charge is 0.410 e. The minimum atomic E-state index is -0.695. The molecule has 0 aliphatic carbocycles. The molecule has 6 nitrogen and oxygen atoms in total. The van der Waals surface area contributed by atoms with E-state index in [1.54, 1.807) is 20.8 Å². The maximum Gasteiger partial charge on any atom is 0.410 e. The third kappa shape index (κ3) is 3.13. The maximum absolute atomic E-state index is 11.7. The molecule has 1 aliphatic rings. The second kappa shape index (κ2) is 5.14. The zero-order valence-corrected chi connectivity index (χ0v) is 11.4. The van der Waals surface area contributed by atoms with Crippen LogP contribution in [0.5, 0.6) is 0 Å². The van der Waals surface area contributed by atoms with Crippen molar-refractivity contribution in [2.24, 2.45) is 5.41 Å². The molecule has 104 valence electrons. The van der Waals surface area contributed by atoms with Gasteiger partial charge in [-0.2, -0.15) is 0 Å². The zero-order chi connectivity index (χ0) is 14.0. The Hall–Kier alpha value is -1.30. The molecule has 0 aromatic rings. The van der Waals surface area contributed by atoms with E-state index < -0.39 is 29.9 Å². The van der Waals surface area contributed by atoms with E-state index in [1.165, 1.54) is 4.90 Å². The Morgan fingerprint density at radius 2 is 1.89 bits per heavy atom. The van der Waals surface area contributed by atoms with Gasteiger partial charge in [-0.3, -0.25) is 4.79 Å². The van der Waals surface area contributed by atoms with Crippen LogP contribution in [0.15, 0.2) is 0 Å². The molecule has 1 aliphatic heterocycles.